The van der Waals surface area contributed by atoms with E-state index in [2.05, 4.69) is 169 Å². The monoisotopic (exact) mass is 1310 g/mol. The van der Waals surface area contributed by atoms with Gasteiger partial charge in [-0.1, -0.05) is 155 Å². The van der Waals surface area contributed by atoms with Gasteiger partial charge in [0, 0.05) is 54.4 Å². The lowest BCUT2D eigenvalue weighted by Crippen LogP contribution is -2.30. The molecule has 9 nitrogen and oxygen atoms in total. The van der Waals surface area contributed by atoms with Gasteiger partial charge in [-0.05, 0) is 338 Å². The highest BCUT2D eigenvalue weighted by Gasteiger charge is 2.27. The minimum atomic E-state index is 0.861. The van der Waals surface area contributed by atoms with E-state index in [1.54, 1.807) is 0 Å². The molecule has 9 fully saturated rings. The summed E-state index contributed by atoms with van der Waals surface area (Å²) in [5.41, 5.74) is 0. The van der Waals surface area contributed by atoms with Gasteiger partial charge < -0.3 is 44.1 Å². The lowest BCUT2D eigenvalue weighted by Gasteiger charge is -2.23. The SMILES string of the molecule is CCC1CCCN1CC.CCCC1CCCN1CCC.CCCCC1CCCN1CCCC.CCCCN1CCCC1C.CCCCN1CCCC1CC.CCCCN1CCCC1CCC.CCCN1CCCC1C.CCCN1CCCC1CC.CCN1CCCC1C. The van der Waals surface area contributed by atoms with Crippen molar-refractivity contribution < 1.29 is 0 Å². The number of likely N-dealkylation sites (tertiary alicyclic amines) is 9. The van der Waals surface area contributed by atoms with Gasteiger partial charge in [-0.15, -0.1) is 0 Å². The Morgan fingerprint density at radius 3 is 0.720 bits per heavy atom. The topological polar surface area (TPSA) is 29.2 Å². The summed E-state index contributed by atoms with van der Waals surface area (Å²) in [7, 11) is 0. The second-order valence-electron chi connectivity index (χ2n) is 30.6. The Bertz CT molecular complexity index is 1520. The van der Waals surface area contributed by atoms with Crippen LogP contribution in [0.15, 0.2) is 0 Å². The fourth-order valence-electron chi connectivity index (χ4n) is 17.2. The van der Waals surface area contributed by atoms with Crippen molar-refractivity contribution in [3.8, 4) is 0 Å². The van der Waals surface area contributed by atoms with Crippen LogP contribution >= 0.6 is 0 Å². The Labute approximate surface area is 588 Å². The van der Waals surface area contributed by atoms with Crippen molar-refractivity contribution in [1.29, 1.82) is 0 Å². The fourth-order valence-corrected chi connectivity index (χ4v) is 17.2. The average molecular weight is 1310 g/mol. The van der Waals surface area contributed by atoms with Crippen molar-refractivity contribution in [3.05, 3.63) is 0 Å². The maximum absolute atomic E-state index is 2.72. The molecular formula is C84H177N9. The molecule has 0 aromatic carbocycles. The van der Waals surface area contributed by atoms with Gasteiger partial charge in [0.05, 0.1) is 0 Å². The highest BCUT2D eigenvalue weighted by atomic mass is 15.2. The van der Waals surface area contributed by atoms with Crippen molar-refractivity contribution in [2.45, 2.75) is 429 Å². The zero-order valence-electron chi connectivity index (χ0n) is 67.5. The molecule has 0 spiro atoms. The molecule has 9 atom stereocenters. The summed E-state index contributed by atoms with van der Waals surface area (Å²) in [5, 5.41) is 0. The number of rotatable bonds is 30. The first-order chi connectivity index (χ1) is 45.3. The molecule has 0 saturated carbocycles. The van der Waals surface area contributed by atoms with Crippen LogP contribution in [0.25, 0.3) is 0 Å². The van der Waals surface area contributed by atoms with Crippen LogP contribution in [-0.2, 0) is 0 Å². The van der Waals surface area contributed by atoms with E-state index in [9.17, 15) is 0 Å². The molecule has 9 aliphatic rings. The summed E-state index contributed by atoms with van der Waals surface area (Å²) in [4.78, 5) is 23.7. The first-order valence-electron chi connectivity index (χ1n) is 43.0. The summed E-state index contributed by atoms with van der Waals surface area (Å²) in [6.45, 7) is 65.2. The van der Waals surface area contributed by atoms with E-state index in [4.69, 9.17) is 0 Å². The second-order valence-corrected chi connectivity index (χ2v) is 30.6. The smallest absolute Gasteiger partial charge is 0.00957 e. The molecular weight excluding hydrogens is 1130 g/mol. The van der Waals surface area contributed by atoms with Crippen LogP contribution < -0.4 is 0 Å². The summed E-state index contributed by atoms with van der Waals surface area (Å²) in [6, 6.07) is 8.14. The summed E-state index contributed by atoms with van der Waals surface area (Å²) in [6.07, 6.45) is 54.5. The standard InChI is InChI=1S/C12H25N.C11H23N.2C10H21N.2C9H19N.2C8H17N.C7H15N/c1-3-5-8-12-9-7-11-13(12)10-6-4-2;1-3-5-9-12-10-6-8-11(12)7-4-2;1-3-6-10-7-5-9-11(10)8-4-2;1-3-5-8-11-9-6-7-10(11)4-2;1-3-4-7-10-8-5-6-9(10)2;1-3-7-10-8-5-6-9(10)4-2;1-3-6-9-7-4-5-8(9)2;1-3-8-6-5-7-9(8)4-2;1-3-8-6-4-5-7(8)2/h12H,3-11H2,1-2H3;11H,3-10H2,1-2H3;2*10H,3-9H2,1-2H3;2*9H,3-8H2,1-2H3;2*8H,3-7H2,1-2H3;7H,3-6H2,1-2H3. The Morgan fingerprint density at radius 2 is 0.441 bits per heavy atom. The summed E-state index contributed by atoms with van der Waals surface area (Å²) >= 11 is 0. The van der Waals surface area contributed by atoms with E-state index in [0.717, 1.165) is 54.4 Å². The molecule has 9 aliphatic heterocycles. The fraction of sp³-hybridized carbons (Fsp3) is 1.00. The van der Waals surface area contributed by atoms with Gasteiger partial charge in [-0.3, -0.25) is 0 Å². The highest BCUT2D eigenvalue weighted by Crippen LogP contribution is 2.26. The Kier molecular flexibility index (Phi) is 60.0. The molecule has 0 N–H and O–H groups in total. The molecule has 0 aromatic heterocycles. The van der Waals surface area contributed by atoms with E-state index >= 15 is 0 Å². The Balaban J connectivity index is 0.000000525. The van der Waals surface area contributed by atoms with Crippen molar-refractivity contribution in [1.82, 2.24) is 44.1 Å². The molecule has 93 heavy (non-hydrogen) atoms. The molecule has 9 rings (SSSR count). The van der Waals surface area contributed by atoms with E-state index in [-0.39, 0.29) is 0 Å². The normalized spacial score (nSPS) is 27.1. The Hall–Kier alpha value is -0.360. The molecule has 558 valence electrons. The summed E-state index contributed by atoms with van der Waals surface area (Å²) < 4.78 is 0. The lowest BCUT2D eigenvalue weighted by atomic mass is 10.1. The molecule has 0 bridgehead atoms. The average Bonchev–Trinajstić information content (AvgIpc) is 4.52. The number of unbranched alkanes of at least 4 members (excludes halogenated alkanes) is 5. The lowest BCUT2D eigenvalue weighted by molar-refractivity contribution is 0.236. The zero-order chi connectivity index (χ0) is 68.7. The highest BCUT2D eigenvalue weighted by molar-refractivity contribution is 4.83. The predicted octanol–water partition coefficient (Wildman–Crippen LogP) is 21.6. The minimum absolute atomic E-state index is 0.861. The van der Waals surface area contributed by atoms with E-state index in [1.807, 2.05) is 0 Å². The zero-order valence-corrected chi connectivity index (χ0v) is 67.5. The molecule has 0 radical (unpaired) electrons. The van der Waals surface area contributed by atoms with Gasteiger partial charge in [-0.2, -0.15) is 0 Å². The van der Waals surface area contributed by atoms with Crippen molar-refractivity contribution in [2.75, 3.05) is 118 Å². The number of nitrogens with zero attached hydrogens (tertiary/aromatic N) is 9. The molecule has 0 aliphatic carbocycles. The van der Waals surface area contributed by atoms with E-state index in [1.165, 1.54) is 368 Å². The van der Waals surface area contributed by atoms with Crippen molar-refractivity contribution in [2.24, 2.45) is 0 Å². The minimum Gasteiger partial charge on any atom is -0.301 e. The third-order valence-electron chi connectivity index (χ3n) is 23.2. The first kappa shape index (κ1) is 90.7. The number of hydrogen-bond donors (Lipinski definition) is 0. The van der Waals surface area contributed by atoms with Crippen LogP contribution in [-0.4, -0.2) is 216 Å². The van der Waals surface area contributed by atoms with Crippen LogP contribution in [0.2, 0.25) is 0 Å². The third kappa shape index (κ3) is 40.6. The van der Waals surface area contributed by atoms with Crippen LogP contribution in [0.5, 0.6) is 0 Å². The van der Waals surface area contributed by atoms with Crippen LogP contribution in [0.3, 0.4) is 0 Å². The third-order valence-corrected chi connectivity index (χ3v) is 23.2. The van der Waals surface area contributed by atoms with Crippen molar-refractivity contribution >= 4 is 0 Å². The molecule has 0 amide bonds. The quantitative estimate of drug-likeness (QED) is 0.0698. The van der Waals surface area contributed by atoms with Gasteiger partial charge in [-0.25, -0.2) is 0 Å². The molecule has 9 heterocycles. The molecule has 9 heteroatoms. The van der Waals surface area contributed by atoms with Crippen LogP contribution in [0.1, 0.15) is 375 Å². The maximum Gasteiger partial charge on any atom is 0.00957 e. The first-order valence-corrected chi connectivity index (χ1v) is 43.0. The Morgan fingerprint density at radius 1 is 0.204 bits per heavy atom. The van der Waals surface area contributed by atoms with E-state index in [0.29, 0.717) is 0 Å². The van der Waals surface area contributed by atoms with Gasteiger partial charge >= 0.3 is 0 Å². The van der Waals surface area contributed by atoms with Gasteiger partial charge in [0.2, 0.25) is 0 Å². The van der Waals surface area contributed by atoms with Crippen LogP contribution in [0.4, 0.5) is 0 Å². The molecule has 9 unspecified atom stereocenters. The molecule has 9 saturated heterocycles. The van der Waals surface area contributed by atoms with Gasteiger partial charge in [0.1, 0.15) is 0 Å². The van der Waals surface area contributed by atoms with Gasteiger partial charge in [0.25, 0.3) is 0 Å². The maximum atomic E-state index is 2.72. The van der Waals surface area contributed by atoms with E-state index < -0.39 is 0 Å². The van der Waals surface area contributed by atoms with Crippen LogP contribution in [0, 0.1) is 0 Å². The predicted molar refractivity (Wildman–Crippen MR) is 420 cm³/mol. The second kappa shape index (κ2) is 61.5. The summed E-state index contributed by atoms with van der Waals surface area (Å²) in [5.74, 6) is 0. The number of hydrogen-bond acceptors (Lipinski definition) is 9. The molecule has 0 aromatic rings. The van der Waals surface area contributed by atoms with Crippen molar-refractivity contribution in [3.63, 3.8) is 0 Å². The van der Waals surface area contributed by atoms with Gasteiger partial charge in [0.15, 0.2) is 0 Å². The largest absolute Gasteiger partial charge is 0.301 e.